The number of furan rings is 1. The number of hydrogen-bond donors (Lipinski definition) is 2. The molecule has 0 amide bonds. The number of hydrogen-bond acceptors (Lipinski definition) is 2. The number of allylic oxidation sites excluding steroid dienone is 1. The van der Waals surface area contributed by atoms with Crippen molar-refractivity contribution < 1.29 is 4.42 Å². The standard InChI is InChI=1S/C14H23N3O.HI/c1-3-5-6-10-16-14(15-4-2)17-11-9-13-8-7-12-18-13;/h3,5,7-8,12H,4,6,9-11H2,1-2H3,(H2,15,16,17);1H. The highest BCUT2D eigenvalue weighted by molar-refractivity contribution is 14.0. The smallest absolute Gasteiger partial charge is 0.191 e. The Hall–Kier alpha value is -0.980. The van der Waals surface area contributed by atoms with E-state index in [0.717, 1.165) is 44.2 Å². The van der Waals surface area contributed by atoms with Crippen LogP contribution >= 0.6 is 24.0 Å². The maximum absolute atomic E-state index is 5.28. The minimum atomic E-state index is 0. The van der Waals surface area contributed by atoms with Gasteiger partial charge in [0.1, 0.15) is 5.76 Å². The molecule has 0 atom stereocenters. The fourth-order valence-electron chi connectivity index (χ4n) is 1.52. The lowest BCUT2D eigenvalue weighted by molar-refractivity contribution is 0.507. The van der Waals surface area contributed by atoms with Crippen LogP contribution in [0.4, 0.5) is 0 Å². The molecule has 0 spiro atoms. The molecule has 0 aliphatic heterocycles. The monoisotopic (exact) mass is 377 g/mol. The molecular weight excluding hydrogens is 353 g/mol. The second kappa shape index (κ2) is 12.1. The van der Waals surface area contributed by atoms with Crippen molar-refractivity contribution in [2.75, 3.05) is 19.6 Å². The molecule has 0 aliphatic carbocycles. The Morgan fingerprint density at radius 1 is 1.42 bits per heavy atom. The Morgan fingerprint density at radius 2 is 2.26 bits per heavy atom. The second-order valence-electron chi connectivity index (χ2n) is 3.87. The highest BCUT2D eigenvalue weighted by atomic mass is 127. The van der Waals surface area contributed by atoms with Gasteiger partial charge in [-0.15, -0.1) is 24.0 Å². The van der Waals surface area contributed by atoms with E-state index in [1.54, 1.807) is 6.26 Å². The first-order valence-corrected chi connectivity index (χ1v) is 6.52. The van der Waals surface area contributed by atoms with E-state index in [2.05, 4.69) is 28.6 Å². The van der Waals surface area contributed by atoms with Crippen LogP contribution in [0.5, 0.6) is 0 Å². The first kappa shape index (κ1) is 18.0. The molecular formula is C14H24IN3O. The van der Waals surface area contributed by atoms with E-state index < -0.39 is 0 Å². The Labute approximate surface area is 132 Å². The van der Waals surface area contributed by atoms with Gasteiger partial charge in [0, 0.05) is 26.1 Å². The lowest BCUT2D eigenvalue weighted by Crippen LogP contribution is -2.38. The molecule has 19 heavy (non-hydrogen) atoms. The van der Waals surface area contributed by atoms with Crippen molar-refractivity contribution in [3.8, 4) is 0 Å². The van der Waals surface area contributed by atoms with Gasteiger partial charge in [0.25, 0.3) is 0 Å². The fraction of sp³-hybridized carbons (Fsp3) is 0.500. The SMILES string of the molecule is CC=CCCN=C(NCC)NCCc1ccco1.I. The number of nitrogens with one attached hydrogen (secondary N) is 2. The number of rotatable bonds is 7. The molecule has 0 fully saturated rings. The summed E-state index contributed by atoms with van der Waals surface area (Å²) < 4.78 is 5.28. The van der Waals surface area contributed by atoms with E-state index in [-0.39, 0.29) is 24.0 Å². The van der Waals surface area contributed by atoms with Gasteiger partial charge in [-0.3, -0.25) is 4.99 Å². The van der Waals surface area contributed by atoms with Crippen molar-refractivity contribution in [1.82, 2.24) is 10.6 Å². The predicted molar refractivity (Wildman–Crippen MR) is 91.2 cm³/mol. The topological polar surface area (TPSA) is 49.6 Å². The number of guanidine groups is 1. The van der Waals surface area contributed by atoms with E-state index in [1.807, 2.05) is 25.1 Å². The highest BCUT2D eigenvalue weighted by Crippen LogP contribution is 1.99. The molecule has 0 saturated heterocycles. The minimum Gasteiger partial charge on any atom is -0.469 e. The van der Waals surface area contributed by atoms with Gasteiger partial charge < -0.3 is 15.1 Å². The van der Waals surface area contributed by atoms with Gasteiger partial charge >= 0.3 is 0 Å². The van der Waals surface area contributed by atoms with Gasteiger partial charge in [-0.2, -0.15) is 0 Å². The molecule has 0 unspecified atom stereocenters. The van der Waals surface area contributed by atoms with Crippen LogP contribution < -0.4 is 10.6 Å². The van der Waals surface area contributed by atoms with Crippen LogP contribution in [0.15, 0.2) is 40.0 Å². The summed E-state index contributed by atoms with van der Waals surface area (Å²) >= 11 is 0. The van der Waals surface area contributed by atoms with E-state index >= 15 is 0 Å². The van der Waals surface area contributed by atoms with Crippen molar-refractivity contribution in [3.63, 3.8) is 0 Å². The highest BCUT2D eigenvalue weighted by Gasteiger charge is 1.98. The van der Waals surface area contributed by atoms with Gasteiger partial charge in [0.15, 0.2) is 5.96 Å². The molecule has 1 heterocycles. The van der Waals surface area contributed by atoms with Crippen LogP contribution in [0.2, 0.25) is 0 Å². The average Bonchev–Trinajstić information content (AvgIpc) is 2.87. The third kappa shape index (κ3) is 8.69. The van der Waals surface area contributed by atoms with Gasteiger partial charge in [0.2, 0.25) is 0 Å². The Balaban J connectivity index is 0.00000324. The van der Waals surface area contributed by atoms with Gasteiger partial charge in [0.05, 0.1) is 6.26 Å². The van der Waals surface area contributed by atoms with Crippen LogP contribution in [0, 0.1) is 0 Å². The third-order valence-electron chi connectivity index (χ3n) is 2.39. The first-order valence-electron chi connectivity index (χ1n) is 6.52. The van der Waals surface area contributed by atoms with E-state index in [4.69, 9.17) is 4.42 Å². The molecule has 1 aromatic heterocycles. The summed E-state index contributed by atoms with van der Waals surface area (Å²) in [5, 5.41) is 6.51. The fourth-order valence-corrected chi connectivity index (χ4v) is 1.52. The third-order valence-corrected chi connectivity index (χ3v) is 2.39. The molecule has 0 saturated carbocycles. The Kier molecular flexibility index (Phi) is 11.5. The molecule has 0 aromatic carbocycles. The van der Waals surface area contributed by atoms with Gasteiger partial charge in [-0.05, 0) is 32.4 Å². The second-order valence-corrected chi connectivity index (χ2v) is 3.87. The minimum absolute atomic E-state index is 0. The summed E-state index contributed by atoms with van der Waals surface area (Å²) in [5.74, 6) is 1.86. The molecule has 0 radical (unpaired) electrons. The summed E-state index contributed by atoms with van der Waals surface area (Å²) in [7, 11) is 0. The van der Waals surface area contributed by atoms with Crippen molar-refractivity contribution >= 4 is 29.9 Å². The summed E-state index contributed by atoms with van der Waals surface area (Å²) in [4.78, 5) is 4.48. The predicted octanol–water partition coefficient (Wildman–Crippen LogP) is 2.96. The van der Waals surface area contributed by atoms with Crippen LogP contribution in [-0.4, -0.2) is 25.6 Å². The quantitative estimate of drug-likeness (QED) is 0.253. The lowest BCUT2D eigenvalue weighted by atomic mass is 10.3. The van der Waals surface area contributed by atoms with E-state index in [9.17, 15) is 0 Å². The van der Waals surface area contributed by atoms with Crippen molar-refractivity contribution in [2.24, 2.45) is 4.99 Å². The van der Waals surface area contributed by atoms with Crippen LogP contribution in [0.25, 0.3) is 0 Å². The van der Waals surface area contributed by atoms with Gasteiger partial charge in [-0.1, -0.05) is 12.2 Å². The molecule has 108 valence electrons. The average molecular weight is 377 g/mol. The largest absolute Gasteiger partial charge is 0.469 e. The van der Waals surface area contributed by atoms with Crippen molar-refractivity contribution in [2.45, 2.75) is 26.7 Å². The molecule has 5 heteroatoms. The van der Waals surface area contributed by atoms with Crippen LogP contribution in [0.3, 0.4) is 0 Å². The lowest BCUT2D eigenvalue weighted by Gasteiger charge is -2.10. The van der Waals surface area contributed by atoms with Gasteiger partial charge in [-0.25, -0.2) is 0 Å². The summed E-state index contributed by atoms with van der Waals surface area (Å²) in [6.45, 7) is 6.59. The van der Waals surface area contributed by atoms with E-state index in [0.29, 0.717) is 0 Å². The number of aliphatic imine (C=N–C) groups is 1. The zero-order chi connectivity index (χ0) is 13.1. The summed E-state index contributed by atoms with van der Waals surface area (Å²) in [6.07, 6.45) is 7.71. The number of halogens is 1. The molecule has 1 aromatic rings. The van der Waals surface area contributed by atoms with E-state index in [1.165, 1.54) is 0 Å². The molecule has 2 N–H and O–H groups in total. The molecule has 0 aliphatic rings. The molecule has 4 nitrogen and oxygen atoms in total. The van der Waals surface area contributed by atoms with Crippen LogP contribution in [-0.2, 0) is 6.42 Å². The zero-order valence-electron chi connectivity index (χ0n) is 11.7. The Bertz CT molecular complexity index is 361. The first-order chi connectivity index (χ1) is 8.86. The van der Waals surface area contributed by atoms with Crippen LogP contribution in [0.1, 0.15) is 26.0 Å². The normalized spacial score (nSPS) is 11.4. The zero-order valence-corrected chi connectivity index (χ0v) is 14.0. The van der Waals surface area contributed by atoms with Crippen molar-refractivity contribution in [1.29, 1.82) is 0 Å². The maximum Gasteiger partial charge on any atom is 0.191 e. The summed E-state index contributed by atoms with van der Waals surface area (Å²) in [6, 6.07) is 3.89. The van der Waals surface area contributed by atoms with Crippen molar-refractivity contribution in [3.05, 3.63) is 36.3 Å². The number of nitrogens with zero attached hydrogens (tertiary/aromatic N) is 1. The maximum atomic E-state index is 5.28. The molecule has 1 rings (SSSR count). The summed E-state index contributed by atoms with van der Waals surface area (Å²) in [5.41, 5.74) is 0. The Morgan fingerprint density at radius 3 is 2.89 bits per heavy atom. The molecule has 0 bridgehead atoms.